The van der Waals surface area contributed by atoms with Crippen LogP contribution in [0.3, 0.4) is 0 Å². The average Bonchev–Trinajstić information content (AvgIpc) is 3.95. The zero-order valence-electron chi connectivity index (χ0n) is 30.4. The Morgan fingerprint density at radius 2 is 0.982 bits per heavy atom. The molecule has 0 saturated heterocycles. The number of hydrogen-bond acceptors (Lipinski definition) is 5. The van der Waals surface area contributed by atoms with E-state index in [1.165, 1.54) is 47.7 Å². The predicted octanol–water partition coefficient (Wildman–Crippen LogP) is 13.9. The fourth-order valence-corrected chi connectivity index (χ4v) is 9.50. The van der Waals surface area contributed by atoms with Crippen molar-refractivity contribution < 1.29 is 4.42 Å². The minimum atomic E-state index is 0.599. The normalized spacial score (nSPS) is 11.9. The van der Waals surface area contributed by atoms with Gasteiger partial charge in [0, 0.05) is 69.7 Å². The van der Waals surface area contributed by atoms with E-state index in [0.29, 0.717) is 17.5 Å². The summed E-state index contributed by atoms with van der Waals surface area (Å²) in [7, 11) is 0. The quantitative estimate of drug-likeness (QED) is 0.176. The third-order valence-electron chi connectivity index (χ3n) is 11.1. The Hall–Kier alpha value is -7.41. The monoisotopic (exact) mass is 746 g/mol. The van der Waals surface area contributed by atoms with Crippen LogP contribution in [0, 0.1) is 0 Å². The molecule has 6 heteroatoms. The number of rotatable bonds is 5. The van der Waals surface area contributed by atoms with Crippen LogP contribution in [0.4, 0.5) is 0 Å². The number of benzene rings is 8. The molecule has 0 aliphatic heterocycles. The first-order chi connectivity index (χ1) is 28.2. The zero-order valence-corrected chi connectivity index (χ0v) is 31.2. The molecule has 0 saturated carbocycles. The van der Waals surface area contributed by atoms with Gasteiger partial charge in [-0.3, -0.25) is 0 Å². The van der Waals surface area contributed by atoms with Gasteiger partial charge in [0.1, 0.15) is 11.2 Å². The van der Waals surface area contributed by atoms with Crippen LogP contribution in [0.2, 0.25) is 0 Å². The summed E-state index contributed by atoms with van der Waals surface area (Å²) in [6, 6.07) is 63.8. The van der Waals surface area contributed by atoms with E-state index >= 15 is 0 Å². The predicted molar refractivity (Wildman–Crippen MR) is 236 cm³/mol. The number of furan rings is 1. The molecule has 4 aromatic heterocycles. The molecule has 8 aromatic carbocycles. The Bertz CT molecular complexity index is 3420. The highest BCUT2D eigenvalue weighted by Crippen LogP contribution is 2.42. The maximum absolute atomic E-state index is 6.76. The van der Waals surface area contributed by atoms with Gasteiger partial charge in [0.25, 0.3) is 0 Å². The largest absolute Gasteiger partial charge is 0.455 e. The van der Waals surface area contributed by atoms with Gasteiger partial charge in [0.2, 0.25) is 0 Å². The van der Waals surface area contributed by atoms with Crippen molar-refractivity contribution >= 4 is 75.3 Å². The summed E-state index contributed by atoms with van der Waals surface area (Å²) in [6.07, 6.45) is 0. The van der Waals surface area contributed by atoms with E-state index in [4.69, 9.17) is 19.4 Å². The van der Waals surface area contributed by atoms with Crippen LogP contribution in [-0.4, -0.2) is 19.5 Å². The molecule has 5 nitrogen and oxygen atoms in total. The maximum Gasteiger partial charge on any atom is 0.164 e. The second-order valence-corrected chi connectivity index (χ2v) is 15.5. The summed E-state index contributed by atoms with van der Waals surface area (Å²) in [5.41, 5.74) is 10.2. The highest BCUT2D eigenvalue weighted by Gasteiger charge is 2.18. The van der Waals surface area contributed by atoms with Crippen molar-refractivity contribution in [3.05, 3.63) is 182 Å². The number of para-hydroxylation sites is 3. The minimum absolute atomic E-state index is 0.599. The first-order valence-electron chi connectivity index (χ1n) is 19.0. The Balaban J connectivity index is 0.957. The van der Waals surface area contributed by atoms with Crippen LogP contribution in [0.5, 0.6) is 0 Å². The van der Waals surface area contributed by atoms with Crippen molar-refractivity contribution in [3.63, 3.8) is 0 Å². The molecule has 0 fully saturated rings. The lowest BCUT2D eigenvalue weighted by molar-refractivity contribution is 0.670. The molecule has 12 rings (SSSR count). The summed E-state index contributed by atoms with van der Waals surface area (Å²) in [6.45, 7) is 0. The third-order valence-corrected chi connectivity index (χ3v) is 12.2. The van der Waals surface area contributed by atoms with Gasteiger partial charge in [-0.1, -0.05) is 133 Å². The molecule has 0 N–H and O–H groups in total. The SMILES string of the molecule is c1ccc(-c2nc(-c3ccccc3)nc(-c3ccc4c(c3)oc3c(-c5ccc6c(c5)sc5ccc(-n7c8ccccc8c8ccccc87)cc56)cccc34)n2)cc1. The van der Waals surface area contributed by atoms with Crippen LogP contribution in [-0.2, 0) is 0 Å². The summed E-state index contributed by atoms with van der Waals surface area (Å²) in [5, 5.41) is 7.18. The van der Waals surface area contributed by atoms with Crippen LogP contribution in [0.25, 0.3) is 115 Å². The van der Waals surface area contributed by atoms with Gasteiger partial charge >= 0.3 is 0 Å². The Kier molecular flexibility index (Phi) is 7.03. The number of thiophene rings is 1. The standard InChI is InChI=1S/C51H30N4OS/c1-3-12-31(13-4-1)49-52-50(32-14-5-2-6-15-32)54-51(53-49)34-23-25-39-41-19-11-18-36(48(41)56-45(39)28-34)33-22-26-40-42-30-35(24-27-46(42)57-47(40)29-33)55-43-20-9-7-16-37(43)38-17-8-10-21-44(38)55/h1-30H. The van der Waals surface area contributed by atoms with E-state index in [1.54, 1.807) is 0 Å². The summed E-state index contributed by atoms with van der Waals surface area (Å²) >= 11 is 1.83. The molecule has 0 atom stereocenters. The van der Waals surface area contributed by atoms with Crippen molar-refractivity contribution in [3.8, 4) is 51.0 Å². The minimum Gasteiger partial charge on any atom is -0.455 e. The van der Waals surface area contributed by atoms with E-state index < -0.39 is 0 Å². The van der Waals surface area contributed by atoms with Crippen LogP contribution in [0.15, 0.2) is 186 Å². The molecule has 4 heterocycles. The third kappa shape index (κ3) is 5.12. The van der Waals surface area contributed by atoms with Crippen molar-refractivity contribution in [1.82, 2.24) is 19.5 Å². The van der Waals surface area contributed by atoms with Gasteiger partial charge in [0.15, 0.2) is 17.5 Å². The molecule has 57 heavy (non-hydrogen) atoms. The second-order valence-electron chi connectivity index (χ2n) is 14.4. The average molecular weight is 747 g/mol. The Labute approximate surface area is 330 Å². The lowest BCUT2D eigenvalue weighted by atomic mass is 10.0. The van der Waals surface area contributed by atoms with Crippen LogP contribution >= 0.6 is 11.3 Å². The van der Waals surface area contributed by atoms with Crippen molar-refractivity contribution in [2.75, 3.05) is 0 Å². The first-order valence-corrected chi connectivity index (χ1v) is 19.8. The lowest BCUT2D eigenvalue weighted by Crippen LogP contribution is -2.00. The topological polar surface area (TPSA) is 56.7 Å². The molecule has 0 unspecified atom stereocenters. The molecule has 0 radical (unpaired) electrons. The van der Waals surface area contributed by atoms with Gasteiger partial charge in [-0.2, -0.15) is 0 Å². The van der Waals surface area contributed by atoms with Crippen LogP contribution in [0.1, 0.15) is 0 Å². The zero-order chi connectivity index (χ0) is 37.5. The number of aromatic nitrogens is 4. The fourth-order valence-electron chi connectivity index (χ4n) is 8.37. The maximum atomic E-state index is 6.76. The number of fused-ring (bicyclic) bond motifs is 9. The van der Waals surface area contributed by atoms with Crippen molar-refractivity contribution in [2.24, 2.45) is 0 Å². The van der Waals surface area contributed by atoms with Crippen molar-refractivity contribution in [2.45, 2.75) is 0 Å². The Morgan fingerprint density at radius 1 is 0.386 bits per heavy atom. The molecule has 0 aliphatic carbocycles. The first kappa shape index (κ1) is 31.9. The molecule has 12 aromatic rings. The lowest BCUT2D eigenvalue weighted by Gasteiger charge is -2.08. The Morgan fingerprint density at radius 3 is 1.68 bits per heavy atom. The van der Waals surface area contributed by atoms with Crippen LogP contribution < -0.4 is 0 Å². The van der Waals surface area contributed by atoms with E-state index in [-0.39, 0.29) is 0 Å². The van der Waals surface area contributed by atoms with Gasteiger partial charge in [-0.25, -0.2) is 15.0 Å². The molecule has 266 valence electrons. The van der Waals surface area contributed by atoms with E-state index in [1.807, 2.05) is 72.0 Å². The van der Waals surface area contributed by atoms with Crippen molar-refractivity contribution in [1.29, 1.82) is 0 Å². The van der Waals surface area contributed by atoms with Gasteiger partial charge in [-0.05, 0) is 54.1 Å². The summed E-state index contributed by atoms with van der Waals surface area (Å²) in [4.78, 5) is 14.8. The van der Waals surface area contributed by atoms with Gasteiger partial charge in [0.05, 0.1) is 11.0 Å². The smallest absolute Gasteiger partial charge is 0.164 e. The number of nitrogens with zero attached hydrogens (tertiary/aromatic N) is 4. The summed E-state index contributed by atoms with van der Waals surface area (Å²) < 4.78 is 11.7. The number of hydrogen-bond donors (Lipinski definition) is 0. The second kappa shape index (κ2) is 12.6. The molecule has 0 bridgehead atoms. The van der Waals surface area contributed by atoms with E-state index in [0.717, 1.165) is 49.8 Å². The molecular weight excluding hydrogens is 717 g/mol. The molecule has 0 spiro atoms. The summed E-state index contributed by atoms with van der Waals surface area (Å²) in [5.74, 6) is 1.86. The highest BCUT2D eigenvalue weighted by atomic mass is 32.1. The van der Waals surface area contributed by atoms with E-state index in [2.05, 4.69) is 126 Å². The fraction of sp³-hybridized carbons (Fsp3) is 0. The molecule has 0 aliphatic rings. The van der Waals surface area contributed by atoms with Gasteiger partial charge in [-0.15, -0.1) is 11.3 Å². The van der Waals surface area contributed by atoms with E-state index in [9.17, 15) is 0 Å². The highest BCUT2D eigenvalue weighted by molar-refractivity contribution is 7.25. The molecule has 0 amide bonds. The molecular formula is C51H30N4OS. The van der Waals surface area contributed by atoms with Gasteiger partial charge < -0.3 is 8.98 Å².